The van der Waals surface area contributed by atoms with E-state index in [0.29, 0.717) is 11.8 Å². The summed E-state index contributed by atoms with van der Waals surface area (Å²) in [7, 11) is 0. The van der Waals surface area contributed by atoms with Gasteiger partial charge >= 0.3 is 0 Å². The van der Waals surface area contributed by atoms with Gasteiger partial charge in [-0.3, -0.25) is 0 Å². The van der Waals surface area contributed by atoms with Crippen molar-refractivity contribution in [1.82, 2.24) is 15.3 Å². The third-order valence-corrected chi connectivity index (χ3v) is 3.57. The van der Waals surface area contributed by atoms with E-state index in [1.54, 1.807) is 12.3 Å². The van der Waals surface area contributed by atoms with Crippen molar-refractivity contribution in [3.8, 4) is 11.8 Å². The topological polar surface area (TPSA) is 73.5 Å². The zero-order chi connectivity index (χ0) is 16.4. The molecule has 24 heavy (non-hydrogen) atoms. The van der Waals surface area contributed by atoms with Gasteiger partial charge in [-0.05, 0) is 29.7 Å². The molecule has 6 nitrogen and oxygen atoms in total. The van der Waals surface area contributed by atoms with Gasteiger partial charge in [0.25, 0.3) is 5.88 Å². The molecule has 2 heterocycles. The first-order chi connectivity index (χ1) is 11.8. The molecule has 0 saturated heterocycles. The Hall–Kier alpha value is -3.22. The molecule has 118 valence electrons. The monoisotopic (exact) mass is 318 g/mol. The first kappa shape index (κ1) is 14.4. The van der Waals surface area contributed by atoms with Crippen molar-refractivity contribution in [1.29, 1.82) is 0 Å². The minimum atomic E-state index is 0.330. The highest BCUT2D eigenvalue weighted by Gasteiger charge is 2.10. The predicted octanol–water partition coefficient (Wildman–Crippen LogP) is 3.25. The maximum atomic E-state index is 5.78. The van der Waals surface area contributed by atoms with Crippen molar-refractivity contribution in [3.05, 3.63) is 72.9 Å². The van der Waals surface area contributed by atoms with Crippen LogP contribution in [0, 0.1) is 0 Å². The molecular weight excluding hydrogens is 304 g/mol. The van der Waals surface area contributed by atoms with Gasteiger partial charge in [0, 0.05) is 23.0 Å². The lowest BCUT2D eigenvalue weighted by molar-refractivity contribution is -0.263. The van der Waals surface area contributed by atoms with Gasteiger partial charge in [-0.1, -0.05) is 36.4 Å². The summed E-state index contributed by atoms with van der Waals surface area (Å²) in [6.07, 6.45) is 1.65. The highest BCUT2D eigenvalue weighted by atomic mass is 17.0. The quantitative estimate of drug-likeness (QED) is 0.460. The Labute approximate surface area is 137 Å². The molecule has 0 aliphatic carbocycles. The molecule has 0 fully saturated rings. The lowest BCUT2D eigenvalue weighted by atomic mass is 10.2. The Morgan fingerprint density at radius 2 is 1.58 bits per heavy atom. The second-order valence-corrected chi connectivity index (χ2v) is 5.15. The second kappa shape index (κ2) is 6.11. The van der Waals surface area contributed by atoms with Crippen LogP contribution in [0.3, 0.4) is 0 Å². The molecule has 0 aliphatic rings. The van der Waals surface area contributed by atoms with E-state index in [9.17, 15) is 0 Å². The van der Waals surface area contributed by atoms with Crippen LogP contribution in [0.1, 0.15) is 0 Å². The van der Waals surface area contributed by atoms with Gasteiger partial charge in [-0.25, -0.2) is 9.97 Å². The molecule has 0 aliphatic heterocycles. The molecule has 2 aromatic heterocycles. The van der Waals surface area contributed by atoms with Crippen molar-refractivity contribution in [2.24, 2.45) is 5.84 Å². The molecule has 6 heteroatoms. The van der Waals surface area contributed by atoms with Gasteiger partial charge < -0.3 is 9.68 Å². The summed E-state index contributed by atoms with van der Waals surface area (Å²) < 4.78 is 0. The summed E-state index contributed by atoms with van der Waals surface area (Å²) >= 11 is 0. The minimum Gasteiger partial charge on any atom is -0.337 e. The summed E-state index contributed by atoms with van der Waals surface area (Å²) in [6, 6.07) is 21.0. The number of nitrogens with zero attached hydrogens (tertiary/aromatic N) is 3. The fraction of sp³-hybridized carbons (Fsp3) is 0. The molecule has 0 spiro atoms. The maximum absolute atomic E-state index is 5.78. The molecule has 0 bridgehead atoms. The van der Waals surface area contributed by atoms with Crippen molar-refractivity contribution >= 4 is 21.7 Å². The largest absolute Gasteiger partial charge is 0.337 e. The number of para-hydroxylation sites is 1. The molecule has 4 aromatic rings. The van der Waals surface area contributed by atoms with Crippen LogP contribution in [0.4, 0.5) is 0 Å². The highest BCUT2D eigenvalue weighted by molar-refractivity contribution is 5.86. The van der Waals surface area contributed by atoms with Crippen molar-refractivity contribution in [3.63, 3.8) is 0 Å². The van der Waals surface area contributed by atoms with Crippen molar-refractivity contribution < 1.29 is 9.68 Å². The molecule has 2 aromatic carbocycles. The van der Waals surface area contributed by atoms with E-state index in [0.717, 1.165) is 27.0 Å². The Morgan fingerprint density at radius 3 is 2.50 bits per heavy atom. The zero-order valence-corrected chi connectivity index (χ0v) is 12.7. The molecule has 4 rings (SSSR count). The van der Waals surface area contributed by atoms with Crippen LogP contribution in [-0.2, 0) is 0 Å². The van der Waals surface area contributed by atoms with E-state index >= 15 is 0 Å². The minimum absolute atomic E-state index is 0.330. The van der Waals surface area contributed by atoms with E-state index in [4.69, 9.17) is 15.5 Å². The number of nitrogens with two attached hydrogens (primary N) is 1. The lowest BCUT2D eigenvalue weighted by Gasteiger charge is -2.16. The molecule has 0 amide bonds. The van der Waals surface area contributed by atoms with Gasteiger partial charge in [0.2, 0.25) is 5.88 Å². The number of pyridine rings is 2. The van der Waals surface area contributed by atoms with Gasteiger partial charge in [0.15, 0.2) is 0 Å². The van der Waals surface area contributed by atoms with E-state index in [2.05, 4.69) is 9.97 Å². The van der Waals surface area contributed by atoms with Gasteiger partial charge in [-0.2, -0.15) is 5.84 Å². The zero-order valence-electron chi connectivity index (χ0n) is 12.7. The Morgan fingerprint density at radius 1 is 0.792 bits per heavy atom. The highest BCUT2D eigenvalue weighted by Crippen LogP contribution is 2.23. The van der Waals surface area contributed by atoms with Crippen LogP contribution in [-0.4, -0.2) is 15.3 Å². The summed E-state index contributed by atoms with van der Waals surface area (Å²) in [5.74, 6) is 6.47. The summed E-state index contributed by atoms with van der Waals surface area (Å²) in [5.41, 5.74) is 0.812. The third kappa shape index (κ3) is 2.83. The first-order valence-electron chi connectivity index (χ1n) is 7.40. The van der Waals surface area contributed by atoms with E-state index in [-0.39, 0.29) is 0 Å². The second-order valence-electron chi connectivity index (χ2n) is 5.15. The number of fused-ring (bicyclic) bond motifs is 2. The number of hydrazine groups is 1. The molecule has 0 atom stereocenters. The number of benzene rings is 2. The van der Waals surface area contributed by atoms with Crippen molar-refractivity contribution in [2.75, 3.05) is 0 Å². The number of hydrogen-bond acceptors (Lipinski definition) is 6. The Balaban J connectivity index is 1.56. The lowest BCUT2D eigenvalue weighted by Crippen LogP contribution is -2.38. The molecule has 2 N–H and O–H groups in total. The Bertz CT molecular complexity index is 1000. The fourth-order valence-electron chi connectivity index (χ4n) is 2.46. The summed E-state index contributed by atoms with van der Waals surface area (Å²) in [4.78, 5) is 19.5. The van der Waals surface area contributed by atoms with Crippen LogP contribution in [0.25, 0.3) is 21.7 Å². The Kier molecular flexibility index (Phi) is 3.66. The van der Waals surface area contributed by atoms with Crippen LogP contribution >= 0.6 is 0 Å². The van der Waals surface area contributed by atoms with E-state index in [1.807, 2.05) is 60.7 Å². The number of aromatic nitrogens is 2. The predicted molar refractivity (Wildman–Crippen MR) is 90.8 cm³/mol. The van der Waals surface area contributed by atoms with Crippen molar-refractivity contribution in [2.45, 2.75) is 0 Å². The average molecular weight is 318 g/mol. The molecule has 0 unspecified atom stereocenters. The normalized spacial score (nSPS) is 11.1. The van der Waals surface area contributed by atoms with Crippen LogP contribution in [0.15, 0.2) is 72.9 Å². The first-order valence-corrected chi connectivity index (χ1v) is 7.40. The maximum Gasteiger partial charge on any atom is 0.251 e. The van der Waals surface area contributed by atoms with Gasteiger partial charge in [0.1, 0.15) is 5.34 Å². The van der Waals surface area contributed by atoms with Gasteiger partial charge in [0.05, 0.1) is 5.52 Å². The third-order valence-electron chi connectivity index (χ3n) is 3.57. The number of rotatable bonds is 4. The van der Waals surface area contributed by atoms with Crippen LogP contribution in [0.5, 0.6) is 11.8 Å². The van der Waals surface area contributed by atoms with Crippen LogP contribution in [0.2, 0.25) is 0 Å². The van der Waals surface area contributed by atoms with Gasteiger partial charge in [-0.15, -0.1) is 0 Å². The summed E-state index contributed by atoms with van der Waals surface area (Å²) in [5, 5.41) is 3.61. The fourth-order valence-corrected chi connectivity index (χ4v) is 2.46. The van der Waals surface area contributed by atoms with Crippen LogP contribution < -0.4 is 15.5 Å². The molecular formula is C18H14N4O2. The van der Waals surface area contributed by atoms with E-state index in [1.165, 1.54) is 0 Å². The molecule has 0 radical (unpaired) electrons. The standard InChI is InChI=1S/C18H14N4O2/c19-22(23-17-10-9-14-6-2-4-8-16(14)21-17)24-18-15-7-3-1-5-13(15)11-12-20-18/h1-12H,19H2. The summed E-state index contributed by atoms with van der Waals surface area (Å²) in [6.45, 7) is 0. The molecule has 0 saturated carbocycles. The smallest absolute Gasteiger partial charge is 0.251 e. The van der Waals surface area contributed by atoms with E-state index < -0.39 is 0 Å². The number of hydrogen-bond donors (Lipinski definition) is 1. The SMILES string of the molecule is NN(Oc1ccc2ccccc2n1)Oc1nccc2ccccc12. The average Bonchev–Trinajstić information content (AvgIpc) is 2.62.